The van der Waals surface area contributed by atoms with Gasteiger partial charge in [0.25, 0.3) is 0 Å². The van der Waals surface area contributed by atoms with Crippen LogP contribution in [0, 0.1) is 11.8 Å². The molecule has 1 aromatic carbocycles. The van der Waals surface area contributed by atoms with E-state index in [2.05, 4.69) is 24.5 Å². The summed E-state index contributed by atoms with van der Waals surface area (Å²) in [5.41, 5.74) is 1.95. The molecule has 0 saturated heterocycles. The van der Waals surface area contributed by atoms with E-state index in [1.54, 1.807) is 0 Å². The molecule has 0 radical (unpaired) electrons. The van der Waals surface area contributed by atoms with Crippen LogP contribution in [0.15, 0.2) is 24.3 Å². The van der Waals surface area contributed by atoms with Gasteiger partial charge >= 0.3 is 0 Å². The summed E-state index contributed by atoms with van der Waals surface area (Å²) < 4.78 is 0. The summed E-state index contributed by atoms with van der Waals surface area (Å²) in [7, 11) is 0. The molecule has 1 fully saturated rings. The second kappa shape index (κ2) is 5.42. The maximum absolute atomic E-state index is 11.0. The van der Waals surface area contributed by atoms with Gasteiger partial charge in [0, 0.05) is 24.3 Å². The molecule has 1 aromatic rings. The summed E-state index contributed by atoms with van der Waals surface area (Å²) in [6, 6.07) is 8.50. The van der Waals surface area contributed by atoms with E-state index in [0.29, 0.717) is 6.04 Å². The Morgan fingerprint density at radius 3 is 2.56 bits per heavy atom. The molecule has 0 aromatic heterocycles. The third kappa shape index (κ3) is 3.25. The van der Waals surface area contributed by atoms with E-state index >= 15 is 0 Å². The molecule has 1 saturated carbocycles. The Bertz CT molecular complexity index is 422. The van der Waals surface area contributed by atoms with E-state index in [4.69, 9.17) is 0 Å². The predicted molar refractivity (Wildman–Crippen MR) is 75.7 cm³/mol. The summed E-state index contributed by atoms with van der Waals surface area (Å²) in [4.78, 5) is 11.0. The lowest BCUT2D eigenvalue weighted by atomic mass is 9.73. The third-order valence-corrected chi connectivity index (χ3v) is 3.67. The molecule has 1 aliphatic carbocycles. The van der Waals surface area contributed by atoms with E-state index < -0.39 is 0 Å². The number of carbonyl (C=O) groups is 1. The Hall–Kier alpha value is -1.51. The van der Waals surface area contributed by atoms with E-state index in [1.165, 1.54) is 19.8 Å². The van der Waals surface area contributed by atoms with Crippen molar-refractivity contribution in [2.45, 2.75) is 39.7 Å². The Morgan fingerprint density at radius 2 is 1.94 bits per heavy atom. The van der Waals surface area contributed by atoms with Crippen molar-refractivity contribution in [2.75, 3.05) is 10.6 Å². The SMILES string of the molecule is CC(=O)Nc1cccc(NC2CC(C(C)C)C2)c1. The van der Waals surface area contributed by atoms with Crippen molar-refractivity contribution in [3.63, 3.8) is 0 Å². The van der Waals surface area contributed by atoms with Crippen molar-refractivity contribution in [1.29, 1.82) is 0 Å². The lowest BCUT2D eigenvalue weighted by Crippen LogP contribution is -2.37. The fraction of sp³-hybridized carbons (Fsp3) is 0.533. The molecule has 1 aliphatic rings. The second-order valence-corrected chi connectivity index (χ2v) is 5.58. The van der Waals surface area contributed by atoms with E-state index in [0.717, 1.165) is 23.2 Å². The van der Waals surface area contributed by atoms with Crippen LogP contribution in [0.3, 0.4) is 0 Å². The van der Waals surface area contributed by atoms with Crippen molar-refractivity contribution >= 4 is 17.3 Å². The van der Waals surface area contributed by atoms with Crippen molar-refractivity contribution in [3.05, 3.63) is 24.3 Å². The highest BCUT2D eigenvalue weighted by molar-refractivity contribution is 5.89. The van der Waals surface area contributed by atoms with Crippen molar-refractivity contribution in [1.82, 2.24) is 0 Å². The Balaban J connectivity index is 1.89. The van der Waals surface area contributed by atoms with Crippen LogP contribution in [0.5, 0.6) is 0 Å². The fourth-order valence-electron chi connectivity index (χ4n) is 2.45. The van der Waals surface area contributed by atoms with Gasteiger partial charge in [0.15, 0.2) is 0 Å². The smallest absolute Gasteiger partial charge is 0.221 e. The highest BCUT2D eigenvalue weighted by atomic mass is 16.1. The Kier molecular flexibility index (Phi) is 3.90. The summed E-state index contributed by atoms with van der Waals surface area (Å²) in [5.74, 6) is 1.62. The van der Waals surface area contributed by atoms with Gasteiger partial charge in [-0.2, -0.15) is 0 Å². The van der Waals surface area contributed by atoms with E-state index in [1.807, 2.05) is 24.3 Å². The molecule has 98 valence electrons. The van der Waals surface area contributed by atoms with Gasteiger partial charge in [0.2, 0.25) is 5.91 Å². The summed E-state index contributed by atoms with van der Waals surface area (Å²) in [6.07, 6.45) is 2.50. The molecule has 0 spiro atoms. The van der Waals surface area contributed by atoms with Crippen LogP contribution in [0.2, 0.25) is 0 Å². The first kappa shape index (κ1) is 12.9. The highest BCUT2D eigenvalue weighted by Crippen LogP contribution is 2.35. The van der Waals surface area contributed by atoms with Crippen molar-refractivity contribution < 1.29 is 4.79 Å². The van der Waals surface area contributed by atoms with Gasteiger partial charge in [-0.3, -0.25) is 4.79 Å². The molecular weight excluding hydrogens is 224 g/mol. The van der Waals surface area contributed by atoms with E-state index in [-0.39, 0.29) is 5.91 Å². The normalized spacial score (nSPS) is 22.4. The van der Waals surface area contributed by atoms with E-state index in [9.17, 15) is 4.79 Å². The fourth-order valence-corrected chi connectivity index (χ4v) is 2.45. The van der Waals surface area contributed by atoms with Crippen LogP contribution < -0.4 is 10.6 Å². The molecule has 0 atom stereocenters. The predicted octanol–water partition coefficient (Wildman–Crippen LogP) is 3.49. The molecule has 3 nitrogen and oxygen atoms in total. The zero-order valence-corrected chi connectivity index (χ0v) is 11.4. The van der Waals surface area contributed by atoms with Gasteiger partial charge in [-0.25, -0.2) is 0 Å². The van der Waals surface area contributed by atoms with Gasteiger partial charge in [-0.15, -0.1) is 0 Å². The van der Waals surface area contributed by atoms with Gasteiger partial charge in [0.05, 0.1) is 0 Å². The minimum absolute atomic E-state index is 0.0318. The maximum atomic E-state index is 11.0. The number of nitrogens with one attached hydrogen (secondary N) is 2. The molecule has 0 bridgehead atoms. The average Bonchev–Trinajstić information content (AvgIpc) is 2.21. The molecule has 0 heterocycles. The number of rotatable bonds is 4. The Labute approximate surface area is 109 Å². The first-order valence-corrected chi connectivity index (χ1v) is 6.69. The molecule has 0 unspecified atom stereocenters. The van der Waals surface area contributed by atoms with Crippen LogP contribution in [-0.2, 0) is 4.79 Å². The lowest BCUT2D eigenvalue weighted by Gasteiger charge is -2.39. The summed E-state index contributed by atoms with van der Waals surface area (Å²) in [5, 5.41) is 6.33. The average molecular weight is 246 g/mol. The van der Waals surface area contributed by atoms with Crippen LogP contribution in [0.4, 0.5) is 11.4 Å². The van der Waals surface area contributed by atoms with Gasteiger partial charge < -0.3 is 10.6 Å². The number of carbonyl (C=O) groups excluding carboxylic acids is 1. The molecule has 1 amide bonds. The Morgan fingerprint density at radius 1 is 1.28 bits per heavy atom. The maximum Gasteiger partial charge on any atom is 0.221 e. The lowest BCUT2D eigenvalue weighted by molar-refractivity contribution is -0.114. The molecule has 2 N–H and O–H groups in total. The number of hydrogen-bond acceptors (Lipinski definition) is 2. The van der Waals surface area contributed by atoms with Crippen molar-refractivity contribution in [3.8, 4) is 0 Å². The van der Waals surface area contributed by atoms with Gasteiger partial charge in [0.1, 0.15) is 0 Å². The number of anilines is 2. The molecule has 2 rings (SSSR count). The van der Waals surface area contributed by atoms with Crippen LogP contribution in [0.25, 0.3) is 0 Å². The molecule has 0 aliphatic heterocycles. The summed E-state index contributed by atoms with van der Waals surface area (Å²) >= 11 is 0. The topological polar surface area (TPSA) is 41.1 Å². The number of amides is 1. The molecular formula is C15H22N2O. The standard InChI is InChI=1S/C15H22N2O/c1-10(2)12-7-15(8-12)17-14-6-4-5-13(9-14)16-11(3)18/h4-6,9-10,12,15,17H,7-8H2,1-3H3,(H,16,18). The van der Waals surface area contributed by atoms with Crippen LogP contribution in [-0.4, -0.2) is 11.9 Å². The minimum Gasteiger partial charge on any atom is -0.382 e. The zero-order valence-electron chi connectivity index (χ0n) is 11.4. The largest absolute Gasteiger partial charge is 0.382 e. The quantitative estimate of drug-likeness (QED) is 0.853. The monoisotopic (exact) mass is 246 g/mol. The zero-order chi connectivity index (χ0) is 13.1. The minimum atomic E-state index is -0.0318. The first-order chi connectivity index (χ1) is 8.54. The second-order valence-electron chi connectivity index (χ2n) is 5.58. The van der Waals surface area contributed by atoms with Gasteiger partial charge in [-0.1, -0.05) is 19.9 Å². The molecule has 18 heavy (non-hydrogen) atoms. The highest BCUT2D eigenvalue weighted by Gasteiger charge is 2.30. The summed E-state index contributed by atoms with van der Waals surface area (Å²) in [6.45, 7) is 6.11. The van der Waals surface area contributed by atoms with Crippen LogP contribution in [0.1, 0.15) is 33.6 Å². The molecule has 3 heteroatoms. The van der Waals surface area contributed by atoms with Crippen molar-refractivity contribution in [2.24, 2.45) is 11.8 Å². The third-order valence-electron chi connectivity index (χ3n) is 3.67. The van der Waals surface area contributed by atoms with Gasteiger partial charge in [-0.05, 0) is 42.9 Å². The first-order valence-electron chi connectivity index (χ1n) is 6.69. The van der Waals surface area contributed by atoms with Crippen LogP contribution >= 0.6 is 0 Å². The number of hydrogen-bond donors (Lipinski definition) is 2. The number of benzene rings is 1.